The van der Waals surface area contributed by atoms with Crippen molar-refractivity contribution in [2.45, 2.75) is 43.9 Å². The molecule has 160 valence electrons. The predicted octanol–water partition coefficient (Wildman–Crippen LogP) is 2.52. The first-order valence-electron chi connectivity index (χ1n) is 10.5. The normalized spacial score (nSPS) is 20.9. The Labute approximate surface area is 178 Å². The SMILES string of the molecule is Cc1cc(N2CCN(C(=O)C3CCS(=O)(=O)c4ccccc43)CC2)nc(C(C)C)n1. The Balaban J connectivity index is 1.48. The van der Waals surface area contributed by atoms with Crippen LogP contribution in [-0.2, 0) is 14.6 Å². The van der Waals surface area contributed by atoms with E-state index in [4.69, 9.17) is 4.98 Å². The van der Waals surface area contributed by atoms with Gasteiger partial charge in [-0.2, -0.15) is 0 Å². The lowest BCUT2D eigenvalue weighted by molar-refractivity contribution is -0.133. The molecule has 3 heterocycles. The fraction of sp³-hybridized carbons (Fsp3) is 0.500. The maximum atomic E-state index is 13.3. The van der Waals surface area contributed by atoms with Gasteiger partial charge in [0.25, 0.3) is 0 Å². The number of aromatic nitrogens is 2. The molecule has 0 saturated carbocycles. The zero-order chi connectivity index (χ0) is 21.5. The van der Waals surface area contributed by atoms with E-state index in [0.717, 1.165) is 17.3 Å². The lowest BCUT2D eigenvalue weighted by Crippen LogP contribution is -2.50. The Morgan fingerprint density at radius 3 is 2.50 bits per heavy atom. The highest BCUT2D eigenvalue weighted by Gasteiger charge is 2.36. The number of sulfone groups is 1. The maximum Gasteiger partial charge on any atom is 0.230 e. The first-order valence-corrected chi connectivity index (χ1v) is 12.1. The van der Waals surface area contributed by atoms with Crippen molar-refractivity contribution in [3.05, 3.63) is 47.4 Å². The Kier molecular flexibility index (Phi) is 5.53. The van der Waals surface area contributed by atoms with Gasteiger partial charge in [-0.3, -0.25) is 4.79 Å². The van der Waals surface area contributed by atoms with Gasteiger partial charge in [0.15, 0.2) is 9.84 Å². The van der Waals surface area contributed by atoms with Crippen molar-refractivity contribution in [2.75, 3.05) is 36.8 Å². The van der Waals surface area contributed by atoms with Crippen LogP contribution in [0, 0.1) is 6.92 Å². The second kappa shape index (κ2) is 7.98. The summed E-state index contributed by atoms with van der Waals surface area (Å²) in [5, 5.41) is 0. The summed E-state index contributed by atoms with van der Waals surface area (Å²) in [6.07, 6.45) is 0.348. The van der Waals surface area contributed by atoms with Gasteiger partial charge in [-0.15, -0.1) is 0 Å². The molecule has 8 heteroatoms. The number of amides is 1. The Morgan fingerprint density at radius 1 is 1.10 bits per heavy atom. The van der Waals surface area contributed by atoms with E-state index in [-0.39, 0.29) is 23.5 Å². The molecule has 0 bridgehead atoms. The van der Waals surface area contributed by atoms with Crippen LogP contribution in [-0.4, -0.2) is 61.1 Å². The summed E-state index contributed by atoms with van der Waals surface area (Å²) in [5.41, 5.74) is 1.59. The minimum absolute atomic E-state index is 0.0264. The summed E-state index contributed by atoms with van der Waals surface area (Å²) < 4.78 is 24.8. The maximum absolute atomic E-state index is 13.3. The monoisotopic (exact) mass is 428 g/mol. The molecule has 1 amide bonds. The summed E-state index contributed by atoms with van der Waals surface area (Å²) in [6.45, 7) is 8.74. The molecule has 1 saturated heterocycles. The van der Waals surface area contributed by atoms with E-state index in [2.05, 4.69) is 23.7 Å². The van der Waals surface area contributed by atoms with Gasteiger partial charge in [-0.1, -0.05) is 32.0 Å². The number of hydrogen-bond donors (Lipinski definition) is 0. The van der Waals surface area contributed by atoms with Crippen LogP contribution in [0.2, 0.25) is 0 Å². The number of hydrogen-bond acceptors (Lipinski definition) is 6. The number of aryl methyl sites for hydroxylation is 1. The molecule has 1 aromatic carbocycles. The van der Waals surface area contributed by atoms with Crippen LogP contribution in [0.25, 0.3) is 0 Å². The molecule has 2 aliphatic rings. The van der Waals surface area contributed by atoms with Crippen LogP contribution in [0.3, 0.4) is 0 Å². The van der Waals surface area contributed by atoms with Gasteiger partial charge in [-0.25, -0.2) is 18.4 Å². The fourth-order valence-electron chi connectivity index (χ4n) is 4.22. The first kappa shape index (κ1) is 20.8. The standard InChI is InChI=1S/C22H28N4O3S/c1-15(2)21-23-16(3)14-20(24-21)25-9-11-26(12-10-25)22(27)18-8-13-30(28,29)19-7-5-4-6-17(18)19/h4-7,14-15,18H,8-13H2,1-3H3. The number of rotatable bonds is 3. The summed E-state index contributed by atoms with van der Waals surface area (Å²) in [7, 11) is -3.29. The zero-order valence-corrected chi connectivity index (χ0v) is 18.5. The topological polar surface area (TPSA) is 83.5 Å². The molecule has 0 spiro atoms. The molecule has 2 aromatic rings. The third kappa shape index (κ3) is 3.93. The van der Waals surface area contributed by atoms with Gasteiger partial charge in [0.1, 0.15) is 11.6 Å². The molecule has 0 N–H and O–H groups in total. The molecule has 0 radical (unpaired) electrons. The van der Waals surface area contributed by atoms with E-state index < -0.39 is 9.84 Å². The Hall–Kier alpha value is -2.48. The molecule has 1 unspecified atom stereocenters. The minimum Gasteiger partial charge on any atom is -0.353 e. The van der Waals surface area contributed by atoms with Crippen molar-refractivity contribution in [3.8, 4) is 0 Å². The number of benzene rings is 1. The smallest absolute Gasteiger partial charge is 0.230 e. The molecule has 4 rings (SSSR count). The number of nitrogens with zero attached hydrogens (tertiary/aromatic N) is 4. The quantitative estimate of drug-likeness (QED) is 0.747. The number of fused-ring (bicyclic) bond motifs is 1. The fourth-order valence-corrected chi connectivity index (χ4v) is 5.84. The predicted molar refractivity (Wildman–Crippen MR) is 116 cm³/mol. The number of carbonyl (C=O) groups is 1. The van der Waals surface area contributed by atoms with Crippen LogP contribution in [0.15, 0.2) is 35.2 Å². The first-order chi connectivity index (χ1) is 14.3. The number of anilines is 1. The molecular weight excluding hydrogens is 400 g/mol. The summed E-state index contributed by atoms with van der Waals surface area (Å²) in [5.74, 6) is 1.67. The highest BCUT2D eigenvalue weighted by molar-refractivity contribution is 7.91. The zero-order valence-electron chi connectivity index (χ0n) is 17.7. The average molecular weight is 429 g/mol. The Bertz CT molecular complexity index is 1060. The highest BCUT2D eigenvalue weighted by Crippen LogP contribution is 2.35. The van der Waals surface area contributed by atoms with E-state index >= 15 is 0 Å². The Morgan fingerprint density at radius 2 is 1.80 bits per heavy atom. The molecule has 1 fully saturated rings. The van der Waals surface area contributed by atoms with Crippen molar-refractivity contribution in [1.29, 1.82) is 0 Å². The number of carbonyl (C=O) groups excluding carboxylic acids is 1. The van der Waals surface area contributed by atoms with Gasteiger partial charge < -0.3 is 9.80 Å². The van der Waals surface area contributed by atoms with E-state index in [1.165, 1.54) is 0 Å². The van der Waals surface area contributed by atoms with Crippen molar-refractivity contribution in [1.82, 2.24) is 14.9 Å². The van der Waals surface area contributed by atoms with Crippen LogP contribution in [0.4, 0.5) is 5.82 Å². The van der Waals surface area contributed by atoms with Gasteiger partial charge in [-0.05, 0) is 25.0 Å². The molecule has 7 nitrogen and oxygen atoms in total. The summed E-state index contributed by atoms with van der Waals surface area (Å²) >= 11 is 0. The second-order valence-electron chi connectivity index (χ2n) is 8.39. The van der Waals surface area contributed by atoms with Crippen LogP contribution in [0.5, 0.6) is 0 Å². The number of piperazine rings is 1. The van der Waals surface area contributed by atoms with E-state index in [9.17, 15) is 13.2 Å². The van der Waals surface area contributed by atoms with Crippen molar-refractivity contribution in [3.63, 3.8) is 0 Å². The molecular formula is C22H28N4O3S. The molecule has 1 aromatic heterocycles. The van der Waals surface area contributed by atoms with E-state index in [1.807, 2.05) is 24.0 Å². The van der Waals surface area contributed by atoms with Gasteiger partial charge in [0.2, 0.25) is 5.91 Å². The molecule has 1 atom stereocenters. The second-order valence-corrected chi connectivity index (χ2v) is 10.5. The van der Waals surface area contributed by atoms with Crippen LogP contribution < -0.4 is 4.90 Å². The van der Waals surface area contributed by atoms with Gasteiger partial charge in [0, 0.05) is 43.9 Å². The van der Waals surface area contributed by atoms with Gasteiger partial charge in [0.05, 0.1) is 16.6 Å². The largest absolute Gasteiger partial charge is 0.353 e. The van der Waals surface area contributed by atoms with Crippen molar-refractivity contribution >= 4 is 21.6 Å². The van der Waals surface area contributed by atoms with Crippen LogP contribution in [0.1, 0.15) is 49.2 Å². The lowest BCUT2D eigenvalue weighted by Gasteiger charge is -2.38. The van der Waals surface area contributed by atoms with E-state index in [1.54, 1.807) is 18.2 Å². The van der Waals surface area contributed by atoms with Crippen LogP contribution >= 0.6 is 0 Å². The minimum atomic E-state index is -3.29. The average Bonchev–Trinajstić information content (AvgIpc) is 2.73. The summed E-state index contributed by atoms with van der Waals surface area (Å²) in [6, 6.07) is 8.91. The third-order valence-electron chi connectivity index (χ3n) is 5.89. The highest BCUT2D eigenvalue weighted by atomic mass is 32.2. The lowest BCUT2D eigenvalue weighted by atomic mass is 9.94. The summed E-state index contributed by atoms with van der Waals surface area (Å²) in [4.78, 5) is 26.9. The molecule has 0 aliphatic carbocycles. The van der Waals surface area contributed by atoms with E-state index in [0.29, 0.717) is 43.1 Å². The van der Waals surface area contributed by atoms with Crippen molar-refractivity contribution < 1.29 is 13.2 Å². The third-order valence-corrected chi connectivity index (χ3v) is 7.71. The van der Waals surface area contributed by atoms with Gasteiger partial charge >= 0.3 is 0 Å². The molecule has 30 heavy (non-hydrogen) atoms. The molecule has 2 aliphatic heterocycles. The van der Waals surface area contributed by atoms with Crippen molar-refractivity contribution in [2.24, 2.45) is 0 Å².